The van der Waals surface area contributed by atoms with Gasteiger partial charge in [-0.05, 0) is 38.1 Å². The summed E-state index contributed by atoms with van der Waals surface area (Å²) in [6.07, 6.45) is -0.209. The first-order chi connectivity index (χ1) is 7.86. The molecule has 0 aliphatic rings. The van der Waals surface area contributed by atoms with Crippen LogP contribution >= 0.6 is 0 Å². The molecule has 0 aromatic heterocycles. The Morgan fingerprint density at radius 1 is 1.29 bits per heavy atom. The third-order valence-corrected chi connectivity index (χ3v) is 3.35. The Balaban J connectivity index is 2.97. The molecule has 92 valence electrons. The molecule has 0 atom stereocenters. The molecule has 0 fully saturated rings. The minimum absolute atomic E-state index is 0.105. The monoisotopic (exact) mass is 254 g/mol. The van der Waals surface area contributed by atoms with Crippen molar-refractivity contribution in [3.8, 4) is 0 Å². The van der Waals surface area contributed by atoms with Crippen molar-refractivity contribution in [1.29, 1.82) is 0 Å². The molecule has 0 amide bonds. The van der Waals surface area contributed by atoms with Crippen LogP contribution in [0.4, 0.5) is 0 Å². The van der Waals surface area contributed by atoms with Gasteiger partial charge in [0.25, 0.3) is 0 Å². The smallest absolute Gasteiger partial charge is 0.338 e. The first kappa shape index (κ1) is 13.4. The second-order valence-corrected chi connectivity index (χ2v) is 5.58. The third kappa shape index (κ3) is 3.42. The summed E-state index contributed by atoms with van der Waals surface area (Å²) in [5.41, 5.74) is 0.321. The predicted octanol–water partition coefficient (Wildman–Crippen LogP) is 2.17. The molecule has 5 heteroatoms. The number of carbonyl (C=O) groups is 1. The van der Waals surface area contributed by atoms with Crippen LogP contribution in [0.25, 0.3) is 0 Å². The quantitative estimate of drug-likeness (QED) is 0.772. The summed E-state index contributed by atoms with van der Waals surface area (Å²) in [6.45, 7) is 6.72. The number of rotatable bonds is 4. The topological polar surface area (TPSA) is 60.4 Å². The number of benzene rings is 1. The van der Waals surface area contributed by atoms with Gasteiger partial charge < -0.3 is 4.74 Å². The highest BCUT2D eigenvalue weighted by molar-refractivity contribution is 7.94. The summed E-state index contributed by atoms with van der Waals surface area (Å²) in [6, 6.07) is 5.55. The van der Waals surface area contributed by atoms with Crippen molar-refractivity contribution in [2.75, 3.05) is 0 Å². The van der Waals surface area contributed by atoms with Gasteiger partial charge in [-0.3, -0.25) is 0 Å². The van der Waals surface area contributed by atoms with Gasteiger partial charge in [0, 0.05) is 5.41 Å². The van der Waals surface area contributed by atoms with Crippen molar-refractivity contribution in [2.24, 2.45) is 0 Å². The van der Waals surface area contributed by atoms with Crippen molar-refractivity contribution >= 4 is 15.8 Å². The molecule has 17 heavy (non-hydrogen) atoms. The number of esters is 1. The normalized spacial score (nSPS) is 11.2. The van der Waals surface area contributed by atoms with Crippen molar-refractivity contribution in [1.82, 2.24) is 0 Å². The first-order valence-electron chi connectivity index (χ1n) is 5.05. The van der Waals surface area contributed by atoms with Gasteiger partial charge in [0.1, 0.15) is 0 Å². The lowest BCUT2D eigenvalue weighted by Gasteiger charge is -2.07. The molecule has 0 saturated carbocycles. The summed E-state index contributed by atoms with van der Waals surface area (Å²) in [5, 5.41) is 0.869. The van der Waals surface area contributed by atoms with Crippen LogP contribution in [0.15, 0.2) is 41.1 Å². The van der Waals surface area contributed by atoms with Crippen molar-refractivity contribution in [3.05, 3.63) is 41.8 Å². The molecule has 0 unspecified atom stereocenters. The van der Waals surface area contributed by atoms with Gasteiger partial charge in [0.05, 0.1) is 16.6 Å². The Bertz CT molecular complexity index is 512. The van der Waals surface area contributed by atoms with Crippen molar-refractivity contribution in [2.45, 2.75) is 24.8 Å². The summed E-state index contributed by atoms with van der Waals surface area (Å²) >= 11 is 0. The average Bonchev–Trinajstić information content (AvgIpc) is 2.28. The van der Waals surface area contributed by atoms with E-state index in [1.54, 1.807) is 13.8 Å². The molecule has 4 nitrogen and oxygen atoms in total. The minimum atomic E-state index is -3.45. The van der Waals surface area contributed by atoms with E-state index in [9.17, 15) is 13.2 Å². The summed E-state index contributed by atoms with van der Waals surface area (Å²) in [4.78, 5) is 11.6. The van der Waals surface area contributed by atoms with E-state index < -0.39 is 15.8 Å². The maximum Gasteiger partial charge on any atom is 0.338 e. The zero-order valence-corrected chi connectivity index (χ0v) is 10.5. The molecule has 0 radical (unpaired) electrons. The SMILES string of the molecule is C=CS(=O)(=O)c1ccc(C(=O)OC(C)C)cc1. The molecule has 0 heterocycles. The number of sulfone groups is 1. The van der Waals surface area contributed by atoms with Crippen LogP contribution in [-0.2, 0) is 14.6 Å². The molecule has 0 aliphatic carbocycles. The molecule has 1 aromatic carbocycles. The lowest BCUT2D eigenvalue weighted by molar-refractivity contribution is 0.0378. The fraction of sp³-hybridized carbons (Fsp3) is 0.250. The molecule has 0 aliphatic heterocycles. The van der Waals surface area contributed by atoms with E-state index >= 15 is 0 Å². The van der Waals surface area contributed by atoms with E-state index in [1.807, 2.05) is 0 Å². The molecule has 1 rings (SSSR count). The Kier molecular flexibility index (Phi) is 4.07. The van der Waals surface area contributed by atoms with Crippen molar-refractivity contribution < 1.29 is 17.9 Å². The summed E-state index contributed by atoms with van der Waals surface area (Å²) < 4.78 is 27.8. The zero-order chi connectivity index (χ0) is 13.1. The molecule has 0 bridgehead atoms. The van der Waals surface area contributed by atoms with E-state index in [0.29, 0.717) is 5.56 Å². The molecule has 1 aromatic rings. The summed E-state index contributed by atoms with van der Waals surface area (Å²) in [5.74, 6) is -0.470. The molecule has 0 spiro atoms. The van der Waals surface area contributed by atoms with Gasteiger partial charge in [-0.2, -0.15) is 0 Å². The highest BCUT2D eigenvalue weighted by Gasteiger charge is 2.12. The molecular weight excluding hydrogens is 240 g/mol. The van der Waals surface area contributed by atoms with Gasteiger partial charge in [0.2, 0.25) is 0 Å². The van der Waals surface area contributed by atoms with E-state index in [-0.39, 0.29) is 11.0 Å². The van der Waals surface area contributed by atoms with Gasteiger partial charge in [-0.15, -0.1) is 0 Å². The largest absolute Gasteiger partial charge is 0.459 e. The fourth-order valence-corrected chi connectivity index (χ4v) is 1.87. The first-order valence-corrected chi connectivity index (χ1v) is 6.60. The second kappa shape index (κ2) is 5.14. The minimum Gasteiger partial charge on any atom is -0.459 e. The number of ether oxygens (including phenoxy) is 1. The number of carbonyl (C=O) groups excluding carboxylic acids is 1. The lowest BCUT2D eigenvalue weighted by atomic mass is 10.2. The third-order valence-electron chi connectivity index (χ3n) is 1.98. The van der Waals surface area contributed by atoms with Gasteiger partial charge >= 0.3 is 5.97 Å². The highest BCUT2D eigenvalue weighted by atomic mass is 32.2. The van der Waals surface area contributed by atoms with Crippen LogP contribution in [-0.4, -0.2) is 20.5 Å². The molecular formula is C12H14O4S. The predicted molar refractivity (Wildman–Crippen MR) is 64.4 cm³/mol. The zero-order valence-electron chi connectivity index (χ0n) is 9.71. The van der Waals surface area contributed by atoms with Crippen LogP contribution < -0.4 is 0 Å². The maximum atomic E-state index is 11.5. The maximum absolute atomic E-state index is 11.5. The van der Waals surface area contributed by atoms with Gasteiger partial charge in [-0.25, -0.2) is 13.2 Å². The Labute approximate surface area is 101 Å². The van der Waals surface area contributed by atoms with E-state index in [4.69, 9.17) is 4.74 Å². The van der Waals surface area contributed by atoms with Gasteiger partial charge in [0.15, 0.2) is 9.84 Å². The van der Waals surface area contributed by atoms with E-state index in [0.717, 1.165) is 5.41 Å². The lowest BCUT2D eigenvalue weighted by Crippen LogP contribution is -2.11. The average molecular weight is 254 g/mol. The van der Waals surface area contributed by atoms with Crippen LogP contribution in [0.5, 0.6) is 0 Å². The van der Waals surface area contributed by atoms with Crippen LogP contribution in [0.1, 0.15) is 24.2 Å². The van der Waals surface area contributed by atoms with Gasteiger partial charge in [-0.1, -0.05) is 6.58 Å². The van der Waals surface area contributed by atoms with Crippen LogP contribution in [0.3, 0.4) is 0 Å². The fourth-order valence-electron chi connectivity index (χ4n) is 1.16. The second-order valence-electron chi connectivity index (χ2n) is 3.69. The standard InChI is InChI=1S/C12H14O4S/c1-4-17(14,15)11-7-5-10(6-8-11)12(13)16-9(2)3/h4-9H,1H2,2-3H3. The van der Waals surface area contributed by atoms with Crippen molar-refractivity contribution in [3.63, 3.8) is 0 Å². The number of hydrogen-bond acceptors (Lipinski definition) is 4. The van der Waals surface area contributed by atoms with Crippen LogP contribution in [0.2, 0.25) is 0 Å². The molecule has 0 N–H and O–H groups in total. The Morgan fingerprint density at radius 3 is 2.24 bits per heavy atom. The number of hydrogen-bond donors (Lipinski definition) is 0. The Hall–Kier alpha value is -1.62. The molecule has 0 saturated heterocycles. The van der Waals surface area contributed by atoms with Crippen LogP contribution in [0, 0.1) is 0 Å². The summed E-state index contributed by atoms with van der Waals surface area (Å²) in [7, 11) is -3.45. The highest BCUT2D eigenvalue weighted by Crippen LogP contribution is 2.13. The van der Waals surface area contributed by atoms with E-state index in [1.165, 1.54) is 24.3 Å². The Morgan fingerprint density at radius 2 is 1.82 bits per heavy atom. The van der Waals surface area contributed by atoms with E-state index in [2.05, 4.69) is 6.58 Å².